The van der Waals surface area contributed by atoms with Crippen molar-refractivity contribution in [2.75, 3.05) is 13.1 Å². The van der Waals surface area contributed by atoms with Crippen LogP contribution in [-0.4, -0.2) is 30.2 Å². The Kier molecular flexibility index (Phi) is 5.36. The normalized spacial score (nSPS) is 10.8. The van der Waals surface area contributed by atoms with Gasteiger partial charge in [-0.15, -0.1) is 0 Å². The van der Waals surface area contributed by atoms with E-state index in [1.807, 2.05) is 30.3 Å². The molecule has 0 aromatic heterocycles. The fourth-order valence-electron chi connectivity index (χ4n) is 1.40. The van der Waals surface area contributed by atoms with Gasteiger partial charge in [-0.2, -0.15) is 0 Å². The Morgan fingerprint density at radius 2 is 1.79 bits per heavy atom. The lowest BCUT2D eigenvalue weighted by molar-refractivity contribution is -0.146. The summed E-state index contributed by atoms with van der Waals surface area (Å²) in [6.45, 7) is 3.75. The monoisotopic (exact) mass is 264 g/mol. The van der Waals surface area contributed by atoms with E-state index in [1.165, 1.54) is 0 Å². The maximum Gasteiger partial charge on any atom is 0.314 e. The Labute approximate surface area is 113 Å². The van der Waals surface area contributed by atoms with Crippen LogP contribution in [0.15, 0.2) is 30.3 Å². The number of hydrogen-bond acceptors (Lipinski definition) is 2. The van der Waals surface area contributed by atoms with Crippen molar-refractivity contribution in [2.24, 2.45) is 5.41 Å². The van der Waals surface area contributed by atoms with Gasteiger partial charge >= 0.3 is 12.0 Å². The topological polar surface area (TPSA) is 78.4 Å². The second-order valence-electron chi connectivity index (χ2n) is 5.03. The number of carboxylic acid groups (broad SMARTS) is 1. The molecule has 5 nitrogen and oxygen atoms in total. The summed E-state index contributed by atoms with van der Waals surface area (Å²) >= 11 is 0. The molecule has 0 aliphatic carbocycles. The molecule has 0 bridgehead atoms. The molecule has 1 rings (SSSR count). The molecule has 0 unspecified atom stereocenters. The number of hydrogen-bond donors (Lipinski definition) is 3. The number of carboxylic acids is 1. The van der Waals surface area contributed by atoms with Gasteiger partial charge in [-0.25, -0.2) is 4.79 Å². The quantitative estimate of drug-likeness (QED) is 0.731. The fraction of sp³-hybridized carbons (Fsp3) is 0.429. The lowest BCUT2D eigenvalue weighted by Gasteiger charge is -2.19. The molecule has 0 saturated heterocycles. The van der Waals surface area contributed by atoms with Crippen molar-refractivity contribution in [3.8, 4) is 0 Å². The number of aliphatic carboxylic acids is 1. The van der Waals surface area contributed by atoms with Crippen LogP contribution in [0.3, 0.4) is 0 Å². The maximum atomic E-state index is 11.5. The van der Waals surface area contributed by atoms with E-state index in [2.05, 4.69) is 10.6 Å². The summed E-state index contributed by atoms with van der Waals surface area (Å²) in [5.41, 5.74) is 0.185. The van der Waals surface area contributed by atoms with Gasteiger partial charge in [0.05, 0.1) is 5.41 Å². The van der Waals surface area contributed by atoms with Crippen molar-refractivity contribution in [2.45, 2.75) is 20.3 Å². The second-order valence-corrected chi connectivity index (χ2v) is 5.03. The predicted molar refractivity (Wildman–Crippen MR) is 73.0 cm³/mol. The number of carbonyl (C=O) groups is 2. The first-order valence-corrected chi connectivity index (χ1v) is 6.21. The van der Waals surface area contributed by atoms with Crippen LogP contribution in [0, 0.1) is 5.41 Å². The van der Waals surface area contributed by atoms with E-state index in [-0.39, 0.29) is 12.6 Å². The van der Waals surface area contributed by atoms with Crippen molar-refractivity contribution in [1.29, 1.82) is 0 Å². The Balaban J connectivity index is 2.24. The van der Waals surface area contributed by atoms with Gasteiger partial charge in [0.25, 0.3) is 0 Å². The third-order valence-electron chi connectivity index (χ3n) is 2.81. The third-order valence-corrected chi connectivity index (χ3v) is 2.81. The van der Waals surface area contributed by atoms with Gasteiger partial charge in [0.1, 0.15) is 0 Å². The van der Waals surface area contributed by atoms with Gasteiger partial charge in [0, 0.05) is 13.1 Å². The summed E-state index contributed by atoms with van der Waals surface area (Å²) in [6, 6.07) is 9.48. The second kappa shape index (κ2) is 6.78. The fourth-order valence-corrected chi connectivity index (χ4v) is 1.40. The molecule has 1 aromatic carbocycles. The highest BCUT2D eigenvalue weighted by atomic mass is 16.4. The van der Waals surface area contributed by atoms with Gasteiger partial charge in [-0.3, -0.25) is 4.79 Å². The standard InChI is InChI=1S/C14H20N2O3/c1-14(2,12(17)18)10-16-13(19)15-9-8-11-6-4-3-5-7-11/h3-7H,8-10H2,1-2H3,(H,17,18)(H2,15,16,19). The van der Waals surface area contributed by atoms with Gasteiger partial charge in [-0.1, -0.05) is 30.3 Å². The third kappa shape index (κ3) is 5.42. The Bertz CT molecular complexity index is 430. The zero-order valence-corrected chi connectivity index (χ0v) is 11.3. The molecule has 0 atom stereocenters. The van der Waals surface area contributed by atoms with E-state index in [0.29, 0.717) is 6.54 Å². The first-order valence-electron chi connectivity index (χ1n) is 6.21. The Morgan fingerprint density at radius 1 is 1.16 bits per heavy atom. The van der Waals surface area contributed by atoms with E-state index in [1.54, 1.807) is 13.8 Å². The molecule has 104 valence electrons. The minimum absolute atomic E-state index is 0.0967. The number of nitrogens with one attached hydrogen (secondary N) is 2. The number of amides is 2. The van der Waals surface area contributed by atoms with Crippen LogP contribution >= 0.6 is 0 Å². The molecule has 0 heterocycles. The lowest BCUT2D eigenvalue weighted by atomic mass is 9.94. The average Bonchev–Trinajstić information content (AvgIpc) is 2.37. The summed E-state index contributed by atoms with van der Waals surface area (Å²) in [5, 5.41) is 14.2. The van der Waals surface area contributed by atoms with Crippen LogP contribution < -0.4 is 10.6 Å². The molecule has 0 aliphatic rings. The van der Waals surface area contributed by atoms with Crippen molar-refractivity contribution in [1.82, 2.24) is 10.6 Å². The molecule has 0 spiro atoms. The Morgan fingerprint density at radius 3 is 2.37 bits per heavy atom. The van der Waals surface area contributed by atoms with E-state index >= 15 is 0 Å². The summed E-state index contributed by atoms with van der Waals surface area (Å²) < 4.78 is 0. The summed E-state index contributed by atoms with van der Waals surface area (Å²) in [5.74, 6) is -0.933. The van der Waals surface area contributed by atoms with E-state index in [4.69, 9.17) is 5.11 Å². The van der Waals surface area contributed by atoms with Crippen LogP contribution in [0.1, 0.15) is 19.4 Å². The molecule has 0 radical (unpaired) electrons. The predicted octanol–water partition coefficient (Wildman–Crippen LogP) is 1.64. The smallest absolute Gasteiger partial charge is 0.314 e. The van der Waals surface area contributed by atoms with E-state index in [9.17, 15) is 9.59 Å². The number of benzene rings is 1. The van der Waals surface area contributed by atoms with Crippen LogP contribution in [0.5, 0.6) is 0 Å². The van der Waals surface area contributed by atoms with Crippen molar-refractivity contribution in [3.63, 3.8) is 0 Å². The number of carbonyl (C=O) groups excluding carboxylic acids is 1. The first kappa shape index (κ1) is 15.0. The maximum absolute atomic E-state index is 11.5. The van der Waals surface area contributed by atoms with Crippen LogP contribution in [-0.2, 0) is 11.2 Å². The summed E-state index contributed by atoms with van der Waals surface area (Å²) in [6.07, 6.45) is 0.747. The van der Waals surface area contributed by atoms with Gasteiger partial charge in [0.2, 0.25) is 0 Å². The minimum atomic E-state index is -0.962. The van der Waals surface area contributed by atoms with Crippen molar-refractivity contribution < 1.29 is 14.7 Å². The highest BCUT2D eigenvalue weighted by Crippen LogP contribution is 2.12. The summed E-state index contributed by atoms with van der Waals surface area (Å²) in [7, 11) is 0. The molecule has 0 saturated carbocycles. The van der Waals surface area contributed by atoms with Crippen molar-refractivity contribution >= 4 is 12.0 Å². The molecule has 1 aromatic rings. The minimum Gasteiger partial charge on any atom is -0.481 e. The van der Waals surface area contributed by atoms with Crippen molar-refractivity contribution in [3.05, 3.63) is 35.9 Å². The average molecular weight is 264 g/mol. The van der Waals surface area contributed by atoms with Crippen LogP contribution in [0.25, 0.3) is 0 Å². The van der Waals surface area contributed by atoms with E-state index < -0.39 is 11.4 Å². The highest BCUT2D eigenvalue weighted by molar-refractivity contribution is 5.77. The van der Waals surface area contributed by atoms with Crippen LogP contribution in [0.2, 0.25) is 0 Å². The number of urea groups is 1. The largest absolute Gasteiger partial charge is 0.481 e. The molecule has 19 heavy (non-hydrogen) atoms. The molecule has 0 aliphatic heterocycles. The molecular weight excluding hydrogens is 244 g/mol. The van der Waals surface area contributed by atoms with E-state index in [0.717, 1.165) is 12.0 Å². The zero-order chi connectivity index (χ0) is 14.3. The zero-order valence-electron chi connectivity index (χ0n) is 11.3. The lowest BCUT2D eigenvalue weighted by Crippen LogP contribution is -2.43. The molecule has 3 N–H and O–H groups in total. The molecule has 2 amide bonds. The molecule has 5 heteroatoms. The first-order chi connectivity index (χ1) is 8.92. The highest BCUT2D eigenvalue weighted by Gasteiger charge is 2.27. The number of rotatable bonds is 6. The van der Waals surface area contributed by atoms with Gasteiger partial charge in [-0.05, 0) is 25.8 Å². The van der Waals surface area contributed by atoms with Gasteiger partial charge < -0.3 is 15.7 Å². The van der Waals surface area contributed by atoms with Gasteiger partial charge in [0.15, 0.2) is 0 Å². The Hall–Kier alpha value is -2.04. The van der Waals surface area contributed by atoms with Crippen LogP contribution in [0.4, 0.5) is 4.79 Å². The molecule has 0 fully saturated rings. The SMILES string of the molecule is CC(C)(CNC(=O)NCCc1ccccc1)C(=O)O. The molecular formula is C14H20N2O3. The summed E-state index contributed by atoms with van der Waals surface area (Å²) in [4.78, 5) is 22.3.